The molecular formula is C14H18Cl2O3. The van der Waals surface area contributed by atoms with Crippen LogP contribution in [0.5, 0.6) is 0 Å². The van der Waals surface area contributed by atoms with E-state index in [4.69, 9.17) is 32.7 Å². The lowest BCUT2D eigenvalue weighted by molar-refractivity contribution is 0.0364. The quantitative estimate of drug-likeness (QED) is 0.540. The summed E-state index contributed by atoms with van der Waals surface area (Å²) in [6.45, 7) is 5.69. The molecule has 0 atom stereocenters. The van der Waals surface area contributed by atoms with E-state index in [0.29, 0.717) is 41.3 Å². The Morgan fingerprint density at radius 3 is 2.58 bits per heavy atom. The molecule has 0 saturated carbocycles. The second-order valence-corrected chi connectivity index (χ2v) is 5.41. The summed E-state index contributed by atoms with van der Waals surface area (Å²) >= 11 is 11.8. The van der Waals surface area contributed by atoms with E-state index in [1.807, 2.05) is 0 Å². The molecule has 1 rings (SSSR count). The maximum atomic E-state index is 11.8. The second kappa shape index (κ2) is 8.54. The van der Waals surface area contributed by atoms with Gasteiger partial charge in [-0.3, -0.25) is 4.79 Å². The predicted molar refractivity (Wildman–Crippen MR) is 77.3 cm³/mol. The van der Waals surface area contributed by atoms with E-state index in [2.05, 4.69) is 13.8 Å². The molecule has 5 heteroatoms. The fourth-order valence-electron chi connectivity index (χ4n) is 1.39. The highest BCUT2D eigenvalue weighted by Gasteiger charge is 2.11. The Morgan fingerprint density at radius 2 is 1.89 bits per heavy atom. The second-order valence-electron chi connectivity index (χ2n) is 4.57. The lowest BCUT2D eigenvalue weighted by atomic mass is 10.1. The first-order chi connectivity index (χ1) is 9.00. The molecule has 0 aromatic heterocycles. The molecule has 0 aliphatic heterocycles. The van der Waals surface area contributed by atoms with Crippen LogP contribution in [0.25, 0.3) is 0 Å². The van der Waals surface area contributed by atoms with Crippen LogP contribution >= 0.6 is 23.2 Å². The van der Waals surface area contributed by atoms with Crippen molar-refractivity contribution in [3.8, 4) is 0 Å². The third-order valence-corrected chi connectivity index (χ3v) is 2.85. The average Bonchev–Trinajstić information content (AvgIpc) is 2.36. The van der Waals surface area contributed by atoms with Crippen LogP contribution in [0, 0.1) is 5.92 Å². The van der Waals surface area contributed by atoms with Crippen molar-refractivity contribution in [1.29, 1.82) is 0 Å². The Balaban J connectivity index is 2.29. The summed E-state index contributed by atoms with van der Waals surface area (Å²) in [5.74, 6) is 0.309. The van der Waals surface area contributed by atoms with Crippen LogP contribution < -0.4 is 0 Å². The van der Waals surface area contributed by atoms with Crippen LogP contribution in [0.1, 0.15) is 24.2 Å². The summed E-state index contributed by atoms with van der Waals surface area (Å²) < 4.78 is 10.6. The van der Waals surface area contributed by atoms with Gasteiger partial charge in [0.1, 0.15) is 6.61 Å². The molecule has 0 saturated heterocycles. The van der Waals surface area contributed by atoms with Crippen LogP contribution in [0.2, 0.25) is 10.0 Å². The first kappa shape index (κ1) is 16.4. The highest BCUT2D eigenvalue weighted by atomic mass is 35.5. The van der Waals surface area contributed by atoms with Crippen LogP contribution in [0.15, 0.2) is 18.2 Å². The zero-order chi connectivity index (χ0) is 14.3. The van der Waals surface area contributed by atoms with Gasteiger partial charge in [-0.25, -0.2) is 0 Å². The molecule has 0 radical (unpaired) electrons. The third kappa shape index (κ3) is 6.39. The summed E-state index contributed by atoms with van der Waals surface area (Å²) in [6, 6.07) is 4.79. The number of carbonyl (C=O) groups excluding carboxylic acids is 1. The summed E-state index contributed by atoms with van der Waals surface area (Å²) in [6.07, 6.45) is 0. The SMILES string of the molecule is CC(C)COCCOCC(=O)c1cc(Cl)ccc1Cl. The minimum absolute atomic E-state index is 0.0227. The number of carbonyl (C=O) groups is 1. The van der Waals surface area contributed by atoms with Gasteiger partial charge in [-0.15, -0.1) is 0 Å². The third-order valence-electron chi connectivity index (χ3n) is 2.29. The molecule has 0 amide bonds. The standard InChI is InChI=1S/C14H18Cl2O3/c1-10(2)8-18-5-6-19-9-14(17)12-7-11(15)3-4-13(12)16/h3-4,7,10H,5-6,8-9H2,1-2H3. The molecule has 1 aromatic rings. The first-order valence-electron chi connectivity index (χ1n) is 6.14. The number of hydrogen-bond donors (Lipinski definition) is 0. The van der Waals surface area contributed by atoms with Gasteiger partial charge in [0, 0.05) is 17.2 Å². The summed E-state index contributed by atoms with van der Waals surface area (Å²) in [4.78, 5) is 11.8. The number of halogens is 2. The van der Waals surface area contributed by atoms with Gasteiger partial charge in [-0.2, -0.15) is 0 Å². The molecule has 1 aromatic carbocycles. The molecule has 19 heavy (non-hydrogen) atoms. The Morgan fingerprint density at radius 1 is 1.21 bits per heavy atom. The van der Waals surface area contributed by atoms with Crippen LogP contribution in [0.4, 0.5) is 0 Å². The number of rotatable bonds is 8. The topological polar surface area (TPSA) is 35.5 Å². The first-order valence-corrected chi connectivity index (χ1v) is 6.90. The van der Waals surface area contributed by atoms with Crippen molar-refractivity contribution in [2.45, 2.75) is 13.8 Å². The molecule has 0 bridgehead atoms. The number of benzene rings is 1. The normalized spacial score (nSPS) is 11.0. The van der Waals surface area contributed by atoms with Gasteiger partial charge in [0.05, 0.1) is 18.2 Å². The Hall–Kier alpha value is -0.610. The van der Waals surface area contributed by atoms with Crippen molar-refractivity contribution >= 4 is 29.0 Å². The van der Waals surface area contributed by atoms with Gasteiger partial charge < -0.3 is 9.47 Å². The molecule has 0 fully saturated rings. The smallest absolute Gasteiger partial charge is 0.190 e. The molecule has 0 aliphatic rings. The van der Waals surface area contributed by atoms with E-state index in [9.17, 15) is 4.79 Å². The lowest BCUT2D eigenvalue weighted by Gasteiger charge is -2.08. The van der Waals surface area contributed by atoms with Crippen molar-refractivity contribution in [3.05, 3.63) is 33.8 Å². The Bertz CT molecular complexity index is 419. The van der Waals surface area contributed by atoms with E-state index in [0.717, 1.165) is 0 Å². The average molecular weight is 305 g/mol. The zero-order valence-electron chi connectivity index (χ0n) is 11.1. The number of hydrogen-bond acceptors (Lipinski definition) is 3. The number of Topliss-reactive ketones (excluding diaryl/α,β-unsaturated/α-hetero) is 1. The van der Waals surface area contributed by atoms with E-state index >= 15 is 0 Å². The van der Waals surface area contributed by atoms with Crippen molar-refractivity contribution in [2.24, 2.45) is 5.92 Å². The van der Waals surface area contributed by atoms with Gasteiger partial charge in [-0.1, -0.05) is 37.0 Å². The zero-order valence-corrected chi connectivity index (χ0v) is 12.6. The molecular weight excluding hydrogens is 287 g/mol. The van der Waals surface area contributed by atoms with E-state index in [-0.39, 0.29) is 12.4 Å². The van der Waals surface area contributed by atoms with Crippen molar-refractivity contribution in [3.63, 3.8) is 0 Å². The van der Waals surface area contributed by atoms with Gasteiger partial charge in [0.2, 0.25) is 0 Å². The minimum Gasteiger partial charge on any atom is -0.379 e. The van der Waals surface area contributed by atoms with E-state index < -0.39 is 0 Å². The molecule has 0 aliphatic carbocycles. The summed E-state index contributed by atoms with van der Waals surface area (Å²) in [5.41, 5.74) is 0.386. The number of ketones is 1. The molecule has 0 spiro atoms. The van der Waals surface area contributed by atoms with E-state index in [1.54, 1.807) is 18.2 Å². The summed E-state index contributed by atoms with van der Waals surface area (Å²) in [7, 11) is 0. The molecule has 3 nitrogen and oxygen atoms in total. The maximum Gasteiger partial charge on any atom is 0.190 e. The van der Waals surface area contributed by atoms with Gasteiger partial charge in [-0.05, 0) is 24.1 Å². The van der Waals surface area contributed by atoms with Gasteiger partial charge in [0.25, 0.3) is 0 Å². The Kier molecular flexibility index (Phi) is 7.39. The monoisotopic (exact) mass is 304 g/mol. The molecule has 106 valence electrons. The fourth-order valence-corrected chi connectivity index (χ4v) is 1.79. The van der Waals surface area contributed by atoms with Gasteiger partial charge in [0.15, 0.2) is 5.78 Å². The maximum absolute atomic E-state index is 11.8. The molecule has 0 N–H and O–H groups in total. The lowest BCUT2D eigenvalue weighted by Crippen LogP contribution is -2.14. The molecule has 0 heterocycles. The Labute approximate surface area is 123 Å². The van der Waals surface area contributed by atoms with Crippen molar-refractivity contribution in [2.75, 3.05) is 26.4 Å². The van der Waals surface area contributed by atoms with Crippen LogP contribution in [-0.4, -0.2) is 32.2 Å². The highest BCUT2D eigenvalue weighted by molar-refractivity contribution is 6.35. The van der Waals surface area contributed by atoms with Crippen molar-refractivity contribution in [1.82, 2.24) is 0 Å². The predicted octanol–water partition coefficient (Wildman–Crippen LogP) is 3.87. The van der Waals surface area contributed by atoms with E-state index in [1.165, 1.54) is 0 Å². The van der Waals surface area contributed by atoms with Crippen LogP contribution in [0.3, 0.4) is 0 Å². The largest absolute Gasteiger partial charge is 0.379 e. The molecule has 0 unspecified atom stereocenters. The number of ether oxygens (including phenoxy) is 2. The van der Waals surface area contributed by atoms with Crippen molar-refractivity contribution < 1.29 is 14.3 Å². The summed E-state index contributed by atoms with van der Waals surface area (Å²) in [5, 5.41) is 0.863. The minimum atomic E-state index is -0.184. The van der Waals surface area contributed by atoms with Gasteiger partial charge >= 0.3 is 0 Å². The fraction of sp³-hybridized carbons (Fsp3) is 0.500. The van der Waals surface area contributed by atoms with Crippen LogP contribution in [-0.2, 0) is 9.47 Å². The highest BCUT2D eigenvalue weighted by Crippen LogP contribution is 2.21.